The van der Waals surface area contributed by atoms with Crippen LogP contribution in [0.1, 0.15) is 39.3 Å². The molecule has 0 spiro atoms. The summed E-state index contributed by atoms with van der Waals surface area (Å²) in [5, 5.41) is 0. The first kappa shape index (κ1) is 12.4. The molecular formula is C15H24N2. The van der Waals surface area contributed by atoms with Gasteiger partial charge < -0.3 is 10.6 Å². The van der Waals surface area contributed by atoms with E-state index in [-0.39, 0.29) is 6.04 Å². The van der Waals surface area contributed by atoms with Gasteiger partial charge in [-0.25, -0.2) is 0 Å². The Bertz CT molecular complexity index is 384. The van der Waals surface area contributed by atoms with Crippen molar-refractivity contribution < 1.29 is 0 Å². The number of anilines is 1. The summed E-state index contributed by atoms with van der Waals surface area (Å²) in [5.74, 6) is 0.807. The first-order valence-corrected chi connectivity index (χ1v) is 6.48. The molecule has 1 atom stereocenters. The second-order valence-corrected chi connectivity index (χ2v) is 6.35. The molecule has 2 rings (SSSR count). The third-order valence-electron chi connectivity index (χ3n) is 3.87. The Balaban J connectivity index is 2.04. The first-order chi connectivity index (χ1) is 7.88. The van der Waals surface area contributed by atoms with Gasteiger partial charge in [0.15, 0.2) is 0 Å². The van der Waals surface area contributed by atoms with Crippen molar-refractivity contribution in [1.29, 1.82) is 0 Å². The van der Waals surface area contributed by atoms with Crippen LogP contribution in [0.15, 0.2) is 24.3 Å². The zero-order valence-electron chi connectivity index (χ0n) is 11.4. The zero-order chi connectivity index (χ0) is 12.6. The summed E-state index contributed by atoms with van der Waals surface area (Å²) in [5.41, 5.74) is 8.89. The molecule has 0 bridgehead atoms. The third-order valence-corrected chi connectivity index (χ3v) is 3.87. The van der Waals surface area contributed by atoms with Crippen molar-refractivity contribution in [2.45, 2.75) is 33.7 Å². The van der Waals surface area contributed by atoms with E-state index in [1.54, 1.807) is 0 Å². The average molecular weight is 232 g/mol. The predicted octanol–water partition coefficient (Wildman–Crippen LogP) is 3.19. The van der Waals surface area contributed by atoms with E-state index >= 15 is 0 Å². The van der Waals surface area contributed by atoms with Crippen LogP contribution in [0.25, 0.3) is 0 Å². The molecule has 1 aromatic rings. The molecule has 0 aliphatic carbocycles. The second-order valence-electron chi connectivity index (χ2n) is 6.35. The van der Waals surface area contributed by atoms with Crippen LogP contribution < -0.4 is 10.6 Å². The Morgan fingerprint density at radius 3 is 2.47 bits per heavy atom. The van der Waals surface area contributed by atoms with Crippen molar-refractivity contribution in [3.8, 4) is 0 Å². The number of rotatable bonds is 2. The quantitative estimate of drug-likeness (QED) is 0.848. The van der Waals surface area contributed by atoms with E-state index in [1.807, 2.05) is 6.92 Å². The molecule has 94 valence electrons. The van der Waals surface area contributed by atoms with Gasteiger partial charge in [-0.1, -0.05) is 32.9 Å². The minimum Gasteiger partial charge on any atom is -0.371 e. The van der Waals surface area contributed by atoms with Gasteiger partial charge in [-0.15, -0.1) is 0 Å². The highest BCUT2D eigenvalue weighted by Gasteiger charge is 2.35. The molecule has 1 heterocycles. The van der Waals surface area contributed by atoms with Gasteiger partial charge in [0.25, 0.3) is 0 Å². The Morgan fingerprint density at radius 2 is 1.94 bits per heavy atom. The maximum absolute atomic E-state index is 5.92. The average Bonchev–Trinajstić information content (AvgIpc) is 2.13. The SMILES string of the molecule is CC(N)c1cccc(N2CC(C(C)(C)C)C2)c1. The highest BCUT2D eigenvalue weighted by Crippen LogP contribution is 2.36. The van der Waals surface area contributed by atoms with Gasteiger partial charge in [-0.05, 0) is 36.0 Å². The molecule has 2 heteroatoms. The van der Waals surface area contributed by atoms with Crippen LogP contribution in [-0.2, 0) is 0 Å². The molecule has 1 aromatic carbocycles. The lowest BCUT2D eigenvalue weighted by molar-refractivity contribution is 0.195. The van der Waals surface area contributed by atoms with Crippen LogP contribution in [0.3, 0.4) is 0 Å². The molecule has 1 aliphatic rings. The fourth-order valence-corrected chi connectivity index (χ4v) is 2.24. The molecule has 1 aliphatic heterocycles. The molecule has 1 fully saturated rings. The Labute approximate surface area is 105 Å². The van der Waals surface area contributed by atoms with E-state index < -0.39 is 0 Å². The Morgan fingerprint density at radius 1 is 1.29 bits per heavy atom. The molecule has 1 saturated heterocycles. The summed E-state index contributed by atoms with van der Waals surface area (Å²) in [4.78, 5) is 2.45. The normalized spacial score (nSPS) is 19.0. The fourth-order valence-electron chi connectivity index (χ4n) is 2.24. The molecule has 17 heavy (non-hydrogen) atoms. The lowest BCUT2D eigenvalue weighted by Gasteiger charge is -2.47. The van der Waals surface area contributed by atoms with Crippen LogP contribution in [0.2, 0.25) is 0 Å². The summed E-state index contributed by atoms with van der Waals surface area (Å²) >= 11 is 0. The Kier molecular flexibility index (Phi) is 3.17. The van der Waals surface area contributed by atoms with E-state index in [2.05, 4.69) is 49.9 Å². The van der Waals surface area contributed by atoms with Crippen LogP contribution in [0, 0.1) is 11.3 Å². The standard InChI is InChI=1S/C15H24N2/c1-11(16)12-6-5-7-14(8-12)17-9-13(10-17)15(2,3)4/h5-8,11,13H,9-10,16H2,1-4H3. The monoisotopic (exact) mass is 232 g/mol. The molecule has 2 N–H and O–H groups in total. The van der Waals surface area contributed by atoms with Crippen molar-refractivity contribution in [3.05, 3.63) is 29.8 Å². The third kappa shape index (κ3) is 2.63. The van der Waals surface area contributed by atoms with Crippen LogP contribution in [0.4, 0.5) is 5.69 Å². The highest BCUT2D eigenvalue weighted by atomic mass is 15.2. The number of nitrogens with two attached hydrogens (primary N) is 1. The van der Waals surface area contributed by atoms with Gasteiger partial charge in [0.05, 0.1) is 0 Å². The smallest absolute Gasteiger partial charge is 0.0369 e. The minimum absolute atomic E-state index is 0.120. The lowest BCUT2D eigenvalue weighted by atomic mass is 9.76. The second kappa shape index (κ2) is 4.34. The largest absolute Gasteiger partial charge is 0.371 e. The van der Waals surface area contributed by atoms with Crippen LogP contribution in [-0.4, -0.2) is 13.1 Å². The van der Waals surface area contributed by atoms with Gasteiger partial charge in [-0.2, -0.15) is 0 Å². The maximum Gasteiger partial charge on any atom is 0.0369 e. The number of benzene rings is 1. The number of hydrogen-bond donors (Lipinski definition) is 1. The van der Waals surface area contributed by atoms with Crippen LogP contribution >= 0.6 is 0 Å². The summed E-state index contributed by atoms with van der Waals surface area (Å²) < 4.78 is 0. The lowest BCUT2D eigenvalue weighted by Crippen LogP contribution is -2.52. The molecule has 2 nitrogen and oxygen atoms in total. The van der Waals surface area contributed by atoms with Crippen molar-refractivity contribution in [2.24, 2.45) is 17.1 Å². The molecule has 0 radical (unpaired) electrons. The van der Waals surface area contributed by atoms with Crippen molar-refractivity contribution in [3.63, 3.8) is 0 Å². The fraction of sp³-hybridized carbons (Fsp3) is 0.600. The predicted molar refractivity (Wildman–Crippen MR) is 74.2 cm³/mol. The van der Waals surface area contributed by atoms with Gasteiger partial charge in [0.1, 0.15) is 0 Å². The van der Waals surface area contributed by atoms with E-state index in [1.165, 1.54) is 24.3 Å². The Hall–Kier alpha value is -1.02. The van der Waals surface area contributed by atoms with Gasteiger partial charge in [0, 0.05) is 24.8 Å². The summed E-state index contributed by atoms with van der Waals surface area (Å²) in [6, 6.07) is 8.75. The van der Waals surface area contributed by atoms with Crippen molar-refractivity contribution in [2.75, 3.05) is 18.0 Å². The van der Waals surface area contributed by atoms with E-state index in [0.29, 0.717) is 5.41 Å². The minimum atomic E-state index is 0.120. The molecule has 1 unspecified atom stereocenters. The van der Waals surface area contributed by atoms with Crippen molar-refractivity contribution >= 4 is 5.69 Å². The summed E-state index contributed by atoms with van der Waals surface area (Å²) in [7, 11) is 0. The molecule has 0 saturated carbocycles. The highest BCUT2D eigenvalue weighted by molar-refractivity contribution is 5.51. The molecule has 0 amide bonds. The van der Waals surface area contributed by atoms with E-state index in [0.717, 1.165) is 5.92 Å². The van der Waals surface area contributed by atoms with Gasteiger partial charge in [0.2, 0.25) is 0 Å². The summed E-state index contributed by atoms with van der Waals surface area (Å²) in [6.07, 6.45) is 0. The van der Waals surface area contributed by atoms with Crippen LogP contribution in [0.5, 0.6) is 0 Å². The van der Waals surface area contributed by atoms with Gasteiger partial charge in [-0.3, -0.25) is 0 Å². The number of nitrogens with zero attached hydrogens (tertiary/aromatic N) is 1. The van der Waals surface area contributed by atoms with Crippen molar-refractivity contribution in [1.82, 2.24) is 0 Å². The maximum atomic E-state index is 5.92. The summed E-state index contributed by atoms with van der Waals surface area (Å²) in [6.45, 7) is 11.4. The van der Waals surface area contributed by atoms with E-state index in [9.17, 15) is 0 Å². The number of hydrogen-bond acceptors (Lipinski definition) is 2. The zero-order valence-corrected chi connectivity index (χ0v) is 11.4. The van der Waals surface area contributed by atoms with E-state index in [4.69, 9.17) is 5.73 Å². The van der Waals surface area contributed by atoms with Gasteiger partial charge >= 0.3 is 0 Å². The first-order valence-electron chi connectivity index (χ1n) is 6.48. The molecular weight excluding hydrogens is 208 g/mol. The topological polar surface area (TPSA) is 29.3 Å². The molecule has 0 aromatic heterocycles.